The van der Waals surface area contributed by atoms with Gasteiger partial charge >= 0.3 is 0 Å². The summed E-state index contributed by atoms with van der Waals surface area (Å²) >= 11 is 3.53. The van der Waals surface area contributed by atoms with Crippen LogP contribution in [0, 0.1) is 0 Å². The molecule has 2 N–H and O–H groups in total. The smallest absolute Gasteiger partial charge is 0.0767 e. The van der Waals surface area contributed by atoms with Crippen molar-refractivity contribution in [2.24, 2.45) is 5.73 Å². The van der Waals surface area contributed by atoms with Crippen LogP contribution in [0.15, 0.2) is 4.47 Å². The van der Waals surface area contributed by atoms with Crippen molar-refractivity contribution in [2.75, 3.05) is 12.3 Å². The second-order valence-electron chi connectivity index (χ2n) is 3.45. The van der Waals surface area contributed by atoms with Crippen molar-refractivity contribution in [1.29, 1.82) is 0 Å². The van der Waals surface area contributed by atoms with Gasteiger partial charge in [-0.05, 0) is 29.3 Å². The van der Waals surface area contributed by atoms with Gasteiger partial charge in [-0.3, -0.25) is 8.89 Å². The molecule has 16 heavy (non-hydrogen) atoms. The fourth-order valence-electron chi connectivity index (χ4n) is 1.51. The van der Waals surface area contributed by atoms with Crippen molar-refractivity contribution in [1.82, 2.24) is 9.78 Å². The van der Waals surface area contributed by atoms with E-state index in [1.807, 2.05) is 11.6 Å². The van der Waals surface area contributed by atoms with Crippen LogP contribution in [-0.2, 0) is 29.5 Å². The number of hydrogen-bond acceptors (Lipinski definition) is 3. The lowest BCUT2D eigenvalue weighted by atomic mass is 10.3. The molecule has 1 atom stereocenters. The van der Waals surface area contributed by atoms with Crippen LogP contribution in [0.3, 0.4) is 0 Å². The third-order valence-corrected chi connectivity index (χ3v) is 4.54. The molecule has 0 saturated heterocycles. The molecule has 0 amide bonds. The van der Waals surface area contributed by atoms with E-state index in [4.69, 9.17) is 5.73 Å². The van der Waals surface area contributed by atoms with Crippen molar-refractivity contribution < 1.29 is 4.21 Å². The quantitative estimate of drug-likeness (QED) is 0.865. The molecule has 0 bridgehead atoms. The topological polar surface area (TPSA) is 60.9 Å². The minimum atomic E-state index is -0.898. The molecule has 1 unspecified atom stereocenters. The average Bonchev–Trinajstić information content (AvgIpc) is 2.56. The van der Waals surface area contributed by atoms with Crippen LogP contribution < -0.4 is 5.73 Å². The molecular formula is C10H18BrN3OS. The Morgan fingerprint density at radius 1 is 1.50 bits per heavy atom. The van der Waals surface area contributed by atoms with Crippen LogP contribution in [0.25, 0.3) is 0 Å². The Hall–Kier alpha value is -0.200. The molecule has 92 valence electrons. The van der Waals surface area contributed by atoms with E-state index in [2.05, 4.69) is 28.0 Å². The second-order valence-corrected chi connectivity index (χ2v) is 5.82. The fourth-order valence-corrected chi connectivity index (χ4v) is 3.41. The maximum atomic E-state index is 11.7. The van der Waals surface area contributed by atoms with Crippen LogP contribution in [0.1, 0.15) is 25.2 Å². The van der Waals surface area contributed by atoms with Gasteiger partial charge < -0.3 is 5.73 Å². The van der Waals surface area contributed by atoms with Gasteiger partial charge in [-0.15, -0.1) is 0 Å². The largest absolute Gasteiger partial charge is 0.330 e. The van der Waals surface area contributed by atoms with Crippen molar-refractivity contribution in [3.63, 3.8) is 0 Å². The lowest BCUT2D eigenvalue weighted by Crippen LogP contribution is -2.14. The van der Waals surface area contributed by atoms with Gasteiger partial charge in [0.25, 0.3) is 0 Å². The Balaban J connectivity index is 2.93. The van der Waals surface area contributed by atoms with E-state index in [1.54, 1.807) is 0 Å². The first-order valence-corrected chi connectivity index (χ1v) is 7.71. The molecule has 0 spiro atoms. The minimum Gasteiger partial charge on any atom is -0.330 e. The third kappa shape index (κ3) is 3.15. The molecule has 0 aliphatic heterocycles. The monoisotopic (exact) mass is 307 g/mol. The number of aromatic nitrogens is 2. The van der Waals surface area contributed by atoms with Gasteiger partial charge in [0.2, 0.25) is 0 Å². The number of hydrogen-bond donors (Lipinski definition) is 1. The summed E-state index contributed by atoms with van der Waals surface area (Å²) in [5, 5.41) is 4.46. The van der Waals surface area contributed by atoms with Gasteiger partial charge in [0.05, 0.1) is 21.6 Å². The lowest BCUT2D eigenvalue weighted by Gasteiger charge is -2.04. The molecule has 1 aromatic rings. The average molecular weight is 308 g/mol. The van der Waals surface area contributed by atoms with E-state index in [1.165, 1.54) is 0 Å². The van der Waals surface area contributed by atoms with E-state index >= 15 is 0 Å². The fraction of sp³-hybridized carbons (Fsp3) is 0.700. The molecule has 1 aromatic heterocycles. The Morgan fingerprint density at radius 3 is 2.69 bits per heavy atom. The second kappa shape index (κ2) is 6.51. The summed E-state index contributed by atoms with van der Waals surface area (Å²) in [6.07, 6.45) is 0.879. The standard InChI is InChI=1S/C10H18BrN3OS/c1-3-8-10(11)9(14(4-2)13-8)7-16(15)6-5-12/h3-7,12H2,1-2H3. The van der Waals surface area contributed by atoms with E-state index in [-0.39, 0.29) is 0 Å². The first kappa shape index (κ1) is 13.9. The van der Waals surface area contributed by atoms with Crippen LogP contribution in [0.4, 0.5) is 0 Å². The van der Waals surface area contributed by atoms with Gasteiger partial charge in [0.1, 0.15) is 0 Å². The van der Waals surface area contributed by atoms with Crippen LogP contribution in [-0.4, -0.2) is 26.3 Å². The first-order chi connectivity index (χ1) is 7.63. The van der Waals surface area contributed by atoms with Gasteiger partial charge in [0, 0.05) is 29.6 Å². The van der Waals surface area contributed by atoms with Crippen molar-refractivity contribution in [3.05, 3.63) is 15.9 Å². The zero-order valence-corrected chi connectivity index (χ0v) is 12.1. The molecule has 1 rings (SSSR count). The molecule has 1 heterocycles. The molecule has 6 heteroatoms. The normalized spacial score (nSPS) is 13.0. The summed E-state index contributed by atoms with van der Waals surface area (Å²) in [5.74, 6) is 1.07. The number of nitrogens with two attached hydrogens (primary N) is 1. The highest BCUT2D eigenvalue weighted by molar-refractivity contribution is 9.10. The number of halogens is 1. The number of aryl methyl sites for hydroxylation is 2. The molecule has 0 aromatic carbocycles. The molecule has 0 aliphatic rings. The highest BCUT2D eigenvalue weighted by Crippen LogP contribution is 2.23. The van der Waals surface area contributed by atoms with E-state index < -0.39 is 10.8 Å². The third-order valence-electron chi connectivity index (χ3n) is 2.34. The molecular weight excluding hydrogens is 290 g/mol. The van der Waals surface area contributed by atoms with Gasteiger partial charge in [-0.1, -0.05) is 6.92 Å². The Morgan fingerprint density at radius 2 is 2.19 bits per heavy atom. The number of nitrogens with zero attached hydrogens (tertiary/aromatic N) is 2. The van der Waals surface area contributed by atoms with Crippen molar-refractivity contribution in [3.8, 4) is 0 Å². The highest BCUT2D eigenvalue weighted by atomic mass is 79.9. The summed E-state index contributed by atoms with van der Waals surface area (Å²) < 4.78 is 14.6. The maximum Gasteiger partial charge on any atom is 0.0767 e. The SMILES string of the molecule is CCc1nn(CC)c(CS(=O)CCN)c1Br. The summed E-state index contributed by atoms with van der Waals surface area (Å²) in [6.45, 7) is 5.36. The lowest BCUT2D eigenvalue weighted by molar-refractivity contribution is 0.623. The molecule has 0 saturated carbocycles. The Labute approximate surface area is 107 Å². The van der Waals surface area contributed by atoms with Gasteiger partial charge in [-0.25, -0.2) is 0 Å². The zero-order chi connectivity index (χ0) is 12.1. The summed E-state index contributed by atoms with van der Waals surface area (Å²) in [4.78, 5) is 0. The van der Waals surface area contributed by atoms with Gasteiger partial charge in [-0.2, -0.15) is 5.10 Å². The first-order valence-electron chi connectivity index (χ1n) is 5.43. The predicted molar refractivity (Wildman–Crippen MR) is 70.7 cm³/mol. The summed E-state index contributed by atoms with van der Waals surface area (Å²) in [5.41, 5.74) is 7.44. The Kier molecular flexibility index (Phi) is 5.64. The van der Waals surface area contributed by atoms with Crippen LogP contribution >= 0.6 is 15.9 Å². The zero-order valence-electron chi connectivity index (χ0n) is 9.70. The molecule has 4 nitrogen and oxygen atoms in total. The van der Waals surface area contributed by atoms with E-state index in [9.17, 15) is 4.21 Å². The molecule has 0 aliphatic carbocycles. The predicted octanol–water partition coefficient (Wildman–Crippen LogP) is 1.44. The Bertz CT molecular complexity index is 378. The van der Waals surface area contributed by atoms with E-state index in [0.717, 1.165) is 28.8 Å². The molecule has 0 fully saturated rings. The van der Waals surface area contributed by atoms with Gasteiger partial charge in [0.15, 0.2) is 0 Å². The summed E-state index contributed by atoms with van der Waals surface area (Å²) in [7, 11) is -0.898. The van der Waals surface area contributed by atoms with Crippen LogP contribution in [0.2, 0.25) is 0 Å². The van der Waals surface area contributed by atoms with Crippen molar-refractivity contribution in [2.45, 2.75) is 32.6 Å². The highest BCUT2D eigenvalue weighted by Gasteiger charge is 2.15. The minimum absolute atomic E-state index is 0.463. The van der Waals surface area contributed by atoms with E-state index in [0.29, 0.717) is 18.1 Å². The van der Waals surface area contributed by atoms with Crippen LogP contribution in [0.5, 0.6) is 0 Å². The summed E-state index contributed by atoms with van der Waals surface area (Å²) in [6, 6.07) is 0. The molecule has 0 radical (unpaired) electrons. The van der Waals surface area contributed by atoms with Crippen molar-refractivity contribution >= 4 is 26.7 Å². The number of rotatable bonds is 6. The maximum absolute atomic E-state index is 11.7.